The standard InChI is InChI=1S/C19H20FN5O3S/c20-12-7-4-8-13(9-12)22-14(26)10-29-19-24-16(21)15(18(28)25-19)23-17(27)11-5-2-1-3-6-11/h1-9,15-16,19,24H,10,21H2,(H,22,26)(H,23,27)(H,25,28). The lowest BCUT2D eigenvalue weighted by molar-refractivity contribution is -0.125. The minimum Gasteiger partial charge on any atom is -0.338 e. The van der Waals surface area contributed by atoms with Gasteiger partial charge < -0.3 is 21.7 Å². The molecule has 29 heavy (non-hydrogen) atoms. The Balaban J connectivity index is 1.48. The number of carbonyl (C=O) groups is 3. The van der Waals surface area contributed by atoms with E-state index in [2.05, 4.69) is 21.3 Å². The number of hydrogen-bond donors (Lipinski definition) is 5. The highest BCUT2D eigenvalue weighted by molar-refractivity contribution is 8.00. The molecule has 0 bridgehead atoms. The molecule has 3 atom stereocenters. The topological polar surface area (TPSA) is 125 Å². The summed E-state index contributed by atoms with van der Waals surface area (Å²) < 4.78 is 13.2. The van der Waals surface area contributed by atoms with E-state index < -0.39 is 35.3 Å². The molecule has 1 aliphatic heterocycles. The second-order valence-electron chi connectivity index (χ2n) is 6.27. The van der Waals surface area contributed by atoms with Crippen LogP contribution in [0.1, 0.15) is 10.4 Å². The van der Waals surface area contributed by atoms with Crippen LogP contribution in [0.4, 0.5) is 10.1 Å². The highest BCUT2D eigenvalue weighted by atomic mass is 32.2. The quantitative estimate of drug-likeness (QED) is 0.468. The number of hydrogen-bond acceptors (Lipinski definition) is 6. The summed E-state index contributed by atoms with van der Waals surface area (Å²) in [6.45, 7) is 0. The number of benzene rings is 2. The summed E-state index contributed by atoms with van der Waals surface area (Å²) in [4.78, 5) is 36.6. The van der Waals surface area contributed by atoms with E-state index in [4.69, 9.17) is 5.73 Å². The molecular formula is C19H20FN5O3S. The number of rotatable bonds is 6. The van der Waals surface area contributed by atoms with Gasteiger partial charge in [-0.2, -0.15) is 0 Å². The predicted molar refractivity (Wildman–Crippen MR) is 108 cm³/mol. The molecule has 1 heterocycles. The number of thioether (sulfide) groups is 1. The second kappa shape index (κ2) is 9.50. The molecule has 3 unspecified atom stereocenters. The van der Waals surface area contributed by atoms with E-state index in [1.54, 1.807) is 36.4 Å². The van der Waals surface area contributed by atoms with Crippen LogP contribution in [0.5, 0.6) is 0 Å². The van der Waals surface area contributed by atoms with E-state index in [9.17, 15) is 18.8 Å². The van der Waals surface area contributed by atoms with Gasteiger partial charge in [0.25, 0.3) is 5.91 Å². The molecule has 152 valence electrons. The van der Waals surface area contributed by atoms with Gasteiger partial charge >= 0.3 is 0 Å². The van der Waals surface area contributed by atoms with Crippen molar-refractivity contribution < 1.29 is 18.8 Å². The average molecular weight is 417 g/mol. The van der Waals surface area contributed by atoms with Crippen LogP contribution in [0, 0.1) is 5.82 Å². The Morgan fingerprint density at radius 3 is 2.59 bits per heavy atom. The minimum atomic E-state index is -0.958. The van der Waals surface area contributed by atoms with Crippen molar-refractivity contribution in [3.05, 3.63) is 66.0 Å². The Kier molecular flexibility index (Phi) is 6.81. The lowest BCUT2D eigenvalue weighted by Crippen LogP contribution is -2.70. The average Bonchev–Trinajstić information content (AvgIpc) is 2.69. The van der Waals surface area contributed by atoms with Gasteiger partial charge in [-0.15, -0.1) is 11.8 Å². The summed E-state index contributed by atoms with van der Waals surface area (Å²) in [6, 6.07) is 13.1. The minimum absolute atomic E-state index is 0.00220. The summed E-state index contributed by atoms with van der Waals surface area (Å²) in [5.74, 6) is -1.68. The third-order valence-corrected chi connectivity index (χ3v) is 5.09. The van der Waals surface area contributed by atoms with Crippen LogP contribution in [0.2, 0.25) is 0 Å². The van der Waals surface area contributed by atoms with Gasteiger partial charge in [0.15, 0.2) is 0 Å². The molecule has 0 aliphatic carbocycles. The fourth-order valence-corrected chi connectivity index (χ4v) is 3.52. The smallest absolute Gasteiger partial charge is 0.252 e. The molecule has 0 saturated carbocycles. The SMILES string of the molecule is NC1NC(SCC(=O)Nc2cccc(F)c2)NC(=O)C1NC(=O)c1ccccc1. The number of carbonyl (C=O) groups excluding carboxylic acids is 3. The number of nitrogens with one attached hydrogen (secondary N) is 4. The summed E-state index contributed by atoms with van der Waals surface area (Å²) in [6.07, 6.45) is -0.833. The molecule has 0 spiro atoms. The van der Waals surface area contributed by atoms with Gasteiger partial charge in [0.05, 0.1) is 11.9 Å². The maximum atomic E-state index is 13.2. The molecule has 10 heteroatoms. The number of nitrogens with two attached hydrogens (primary N) is 1. The number of amides is 3. The molecule has 3 rings (SSSR count). The third-order valence-electron chi connectivity index (χ3n) is 4.07. The summed E-state index contributed by atoms with van der Waals surface area (Å²) in [7, 11) is 0. The Morgan fingerprint density at radius 1 is 1.14 bits per heavy atom. The Bertz CT molecular complexity index is 898. The predicted octanol–water partition coefficient (Wildman–Crippen LogP) is 0.584. The van der Waals surface area contributed by atoms with Crippen molar-refractivity contribution in [3.63, 3.8) is 0 Å². The normalized spacial score (nSPS) is 21.2. The summed E-state index contributed by atoms with van der Waals surface area (Å²) in [5.41, 5.74) is 6.14. The van der Waals surface area contributed by atoms with Crippen LogP contribution in [0.3, 0.4) is 0 Å². The molecule has 1 saturated heterocycles. The Morgan fingerprint density at radius 2 is 1.90 bits per heavy atom. The van der Waals surface area contributed by atoms with Crippen molar-refractivity contribution in [2.45, 2.75) is 17.7 Å². The Hall–Kier alpha value is -2.95. The first-order chi connectivity index (χ1) is 13.9. The lowest BCUT2D eigenvalue weighted by atomic mass is 10.1. The van der Waals surface area contributed by atoms with Crippen LogP contribution in [0.25, 0.3) is 0 Å². The molecule has 0 aromatic heterocycles. The van der Waals surface area contributed by atoms with Gasteiger partial charge in [0.2, 0.25) is 11.8 Å². The van der Waals surface area contributed by atoms with Crippen molar-refractivity contribution in [1.82, 2.24) is 16.0 Å². The lowest BCUT2D eigenvalue weighted by Gasteiger charge is -2.35. The van der Waals surface area contributed by atoms with E-state index in [1.165, 1.54) is 18.2 Å². The van der Waals surface area contributed by atoms with E-state index in [1.807, 2.05) is 0 Å². The van der Waals surface area contributed by atoms with Gasteiger partial charge in [0.1, 0.15) is 17.4 Å². The molecular weight excluding hydrogens is 397 g/mol. The zero-order chi connectivity index (χ0) is 20.8. The fourth-order valence-electron chi connectivity index (χ4n) is 2.68. The molecule has 6 N–H and O–H groups in total. The largest absolute Gasteiger partial charge is 0.338 e. The van der Waals surface area contributed by atoms with Crippen molar-refractivity contribution in [2.24, 2.45) is 5.73 Å². The van der Waals surface area contributed by atoms with Crippen molar-refractivity contribution in [3.8, 4) is 0 Å². The van der Waals surface area contributed by atoms with Gasteiger partial charge in [0, 0.05) is 11.3 Å². The third kappa shape index (κ3) is 5.76. The van der Waals surface area contributed by atoms with Crippen molar-refractivity contribution >= 4 is 35.2 Å². The van der Waals surface area contributed by atoms with Crippen LogP contribution >= 0.6 is 11.8 Å². The number of halogens is 1. The van der Waals surface area contributed by atoms with Gasteiger partial charge in [-0.25, -0.2) is 4.39 Å². The van der Waals surface area contributed by atoms with E-state index in [0.29, 0.717) is 11.3 Å². The molecule has 2 aromatic carbocycles. The number of anilines is 1. The summed E-state index contributed by atoms with van der Waals surface area (Å²) in [5, 5.41) is 10.8. The Labute approximate surface area is 170 Å². The van der Waals surface area contributed by atoms with Crippen molar-refractivity contribution in [1.29, 1.82) is 0 Å². The van der Waals surface area contributed by atoms with Crippen molar-refractivity contribution in [2.75, 3.05) is 11.1 Å². The zero-order valence-electron chi connectivity index (χ0n) is 15.2. The maximum absolute atomic E-state index is 13.2. The first-order valence-corrected chi connectivity index (χ1v) is 9.82. The van der Waals surface area contributed by atoms with Crippen LogP contribution in [-0.4, -0.2) is 41.2 Å². The summed E-state index contributed by atoms with van der Waals surface area (Å²) >= 11 is 1.11. The van der Waals surface area contributed by atoms with Crippen LogP contribution < -0.4 is 27.0 Å². The second-order valence-corrected chi connectivity index (χ2v) is 7.36. The monoisotopic (exact) mass is 417 g/mol. The van der Waals surface area contributed by atoms with Crippen LogP contribution in [0.15, 0.2) is 54.6 Å². The van der Waals surface area contributed by atoms with Gasteiger partial charge in [-0.05, 0) is 30.3 Å². The highest BCUT2D eigenvalue weighted by Crippen LogP contribution is 2.14. The highest BCUT2D eigenvalue weighted by Gasteiger charge is 2.35. The maximum Gasteiger partial charge on any atom is 0.252 e. The first-order valence-electron chi connectivity index (χ1n) is 8.77. The molecule has 1 fully saturated rings. The van der Waals surface area contributed by atoms with E-state index in [-0.39, 0.29) is 11.7 Å². The molecule has 2 aromatic rings. The zero-order valence-corrected chi connectivity index (χ0v) is 16.0. The van der Waals surface area contributed by atoms with E-state index >= 15 is 0 Å². The van der Waals surface area contributed by atoms with Gasteiger partial charge in [-0.1, -0.05) is 24.3 Å². The molecule has 1 aliphatic rings. The molecule has 0 radical (unpaired) electrons. The first kappa shape index (κ1) is 20.8. The molecule has 8 nitrogen and oxygen atoms in total. The molecule has 3 amide bonds. The van der Waals surface area contributed by atoms with Crippen LogP contribution in [-0.2, 0) is 9.59 Å². The van der Waals surface area contributed by atoms with Gasteiger partial charge in [-0.3, -0.25) is 19.7 Å². The van der Waals surface area contributed by atoms with E-state index in [0.717, 1.165) is 11.8 Å². The fraction of sp³-hybridized carbons (Fsp3) is 0.211.